The molecule has 0 radical (unpaired) electrons. The Hall–Kier alpha value is -1.68. The fourth-order valence-corrected chi connectivity index (χ4v) is 1.95. The van der Waals surface area contributed by atoms with Crippen LogP contribution in [0, 0.1) is 0 Å². The smallest absolute Gasteiger partial charge is 0.158 e. The summed E-state index contributed by atoms with van der Waals surface area (Å²) in [7, 11) is 1.91. The van der Waals surface area contributed by atoms with Gasteiger partial charge in [-0.1, -0.05) is 24.3 Å². The van der Waals surface area contributed by atoms with E-state index in [2.05, 4.69) is 10.2 Å². The molecule has 0 spiro atoms. The van der Waals surface area contributed by atoms with Crippen LogP contribution in [0.1, 0.15) is 13.8 Å². The molecule has 0 aliphatic carbocycles. The zero-order valence-electron chi connectivity index (χ0n) is 10.4. The number of aliphatic hydroxyl groups is 1. The van der Waals surface area contributed by atoms with E-state index in [1.54, 1.807) is 20.0 Å². The summed E-state index contributed by atoms with van der Waals surface area (Å²) in [6.45, 7) is 4.07. The van der Waals surface area contributed by atoms with Crippen LogP contribution in [0.3, 0.4) is 0 Å². The van der Waals surface area contributed by atoms with E-state index in [-0.39, 0.29) is 0 Å². The Morgan fingerprint density at radius 2 is 2.00 bits per heavy atom. The molecule has 17 heavy (non-hydrogen) atoms. The lowest BCUT2D eigenvalue weighted by Crippen LogP contribution is -2.36. The van der Waals surface area contributed by atoms with Gasteiger partial charge in [-0.25, -0.2) is 0 Å². The minimum atomic E-state index is -0.757. The van der Waals surface area contributed by atoms with Crippen LogP contribution in [0.2, 0.25) is 0 Å². The Balaban J connectivity index is 2.41. The predicted molar refractivity (Wildman–Crippen MR) is 69.1 cm³/mol. The molecule has 1 N–H and O–H groups in total. The van der Waals surface area contributed by atoms with Gasteiger partial charge in [-0.05, 0) is 13.8 Å². The Morgan fingerprint density at radius 3 is 2.71 bits per heavy atom. The van der Waals surface area contributed by atoms with E-state index in [0.717, 1.165) is 16.6 Å². The van der Waals surface area contributed by atoms with Gasteiger partial charge in [-0.3, -0.25) is 0 Å². The molecule has 0 bridgehead atoms. The lowest BCUT2D eigenvalue weighted by atomic mass is 10.1. The van der Waals surface area contributed by atoms with Crippen LogP contribution in [-0.2, 0) is 0 Å². The van der Waals surface area contributed by atoms with Gasteiger partial charge in [0.25, 0.3) is 0 Å². The number of hydrogen-bond donors (Lipinski definition) is 1. The van der Waals surface area contributed by atoms with Crippen molar-refractivity contribution >= 4 is 16.6 Å². The first kappa shape index (κ1) is 11.8. The number of likely N-dealkylation sites (N-methyl/N-ethyl adjacent to an activating group) is 1. The van der Waals surface area contributed by atoms with Crippen LogP contribution in [0.25, 0.3) is 10.8 Å². The first-order valence-corrected chi connectivity index (χ1v) is 5.61. The summed E-state index contributed by atoms with van der Waals surface area (Å²) in [4.78, 5) is 1.93. The van der Waals surface area contributed by atoms with Gasteiger partial charge in [-0.15, -0.1) is 5.10 Å². The first-order chi connectivity index (χ1) is 7.97. The third kappa shape index (κ3) is 2.71. The lowest BCUT2D eigenvalue weighted by Gasteiger charge is -2.26. The van der Waals surface area contributed by atoms with Crippen LogP contribution in [-0.4, -0.2) is 34.5 Å². The normalized spacial score (nSPS) is 11.8. The highest BCUT2D eigenvalue weighted by Crippen LogP contribution is 2.23. The summed E-state index contributed by atoms with van der Waals surface area (Å²) in [5.41, 5.74) is -0.757. The number of fused-ring (bicyclic) bond motifs is 1. The monoisotopic (exact) mass is 231 g/mol. The van der Waals surface area contributed by atoms with Crippen molar-refractivity contribution in [1.82, 2.24) is 10.2 Å². The predicted octanol–water partition coefficient (Wildman–Crippen LogP) is 1.84. The van der Waals surface area contributed by atoms with Gasteiger partial charge in [0, 0.05) is 24.4 Å². The topological polar surface area (TPSA) is 49.2 Å². The molecular weight excluding hydrogens is 214 g/mol. The lowest BCUT2D eigenvalue weighted by molar-refractivity contribution is 0.0885. The van der Waals surface area contributed by atoms with E-state index in [4.69, 9.17) is 0 Å². The zero-order chi connectivity index (χ0) is 12.5. The van der Waals surface area contributed by atoms with Gasteiger partial charge in [-0.2, -0.15) is 5.10 Å². The molecule has 4 heteroatoms. The fraction of sp³-hybridized carbons (Fsp3) is 0.385. The number of nitrogens with zero attached hydrogens (tertiary/aromatic N) is 3. The average Bonchev–Trinajstić information content (AvgIpc) is 2.26. The van der Waals surface area contributed by atoms with Crippen molar-refractivity contribution in [2.24, 2.45) is 0 Å². The van der Waals surface area contributed by atoms with Crippen molar-refractivity contribution in [3.05, 3.63) is 30.5 Å². The quantitative estimate of drug-likeness (QED) is 0.875. The summed E-state index contributed by atoms with van der Waals surface area (Å²) < 4.78 is 0. The van der Waals surface area contributed by atoms with Crippen LogP contribution < -0.4 is 4.90 Å². The highest BCUT2D eigenvalue weighted by Gasteiger charge is 2.18. The molecule has 4 nitrogen and oxygen atoms in total. The summed E-state index contributed by atoms with van der Waals surface area (Å²) in [5.74, 6) is 0.797. The second-order valence-corrected chi connectivity index (χ2v) is 4.92. The van der Waals surface area contributed by atoms with Gasteiger partial charge >= 0.3 is 0 Å². The second-order valence-electron chi connectivity index (χ2n) is 4.92. The summed E-state index contributed by atoms with van der Waals surface area (Å²) in [6.07, 6.45) is 1.75. The highest BCUT2D eigenvalue weighted by atomic mass is 16.3. The molecule has 90 valence electrons. The Bertz CT molecular complexity index is 514. The van der Waals surface area contributed by atoms with E-state index in [9.17, 15) is 5.11 Å². The van der Waals surface area contributed by atoms with Crippen molar-refractivity contribution < 1.29 is 5.11 Å². The molecule has 0 aliphatic rings. The Kier molecular flexibility index (Phi) is 2.98. The zero-order valence-corrected chi connectivity index (χ0v) is 10.4. The van der Waals surface area contributed by atoms with E-state index < -0.39 is 5.60 Å². The Morgan fingerprint density at radius 1 is 1.29 bits per heavy atom. The van der Waals surface area contributed by atoms with E-state index in [1.165, 1.54) is 0 Å². The maximum Gasteiger partial charge on any atom is 0.158 e. The number of rotatable bonds is 3. The molecular formula is C13H17N3O. The van der Waals surface area contributed by atoms with Gasteiger partial charge in [0.05, 0.1) is 11.8 Å². The largest absolute Gasteiger partial charge is 0.389 e. The van der Waals surface area contributed by atoms with Gasteiger partial charge in [0.1, 0.15) is 0 Å². The number of benzene rings is 1. The molecule has 0 fully saturated rings. The molecule has 0 unspecified atom stereocenters. The summed E-state index contributed by atoms with van der Waals surface area (Å²) in [6, 6.07) is 7.97. The van der Waals surface area contributed by atoms with E-state index >= 15 is 0 Å². The molecule has 1 aromatic carbocycles. The van der Waals surface area contributed by atoms with E-state index in [0.29, 0.717) is 6.54 Å². The SMILES string of the molecule is CN(CC(C)(C)O)c1nncc2ccccc12. The number of anilines is 1. The second kappa shape index (κ2) is 4.30. The van der Waals surface area contributed by atoms with Crippen molar-refractivity contribution in [3.8, 4) is 0 Å². The minimum absolute atomic E-state index is 0.510. The third-order valence-corrected chi connectivity index (χ3v) is 2.54. The standard InChI is InChI=1S/C13H17N3O/c1-13(2,17)9-16(3)12-11-7-5-4-6-10(11)8-14-15-12/h4-8,17H,9H2,1-3H3. The molecule has 2 aromatic rings. The third-order valence-electron chi connectivity index (χ3n) is 2.54. The van der Waals surface area contributed by atoms with Crippen molar-refractivity contribution in [1.29, 1.82) is 0 Å². The number of aromatic nitrogens is 2. The summed E-state index contributed by atoms with van der Waals surface area (Å²) in [5, 5.41) is 20.1. The molecule has 1 aromatic heterocycles. The molecule has 0 atom stereocenters. The first-order valence-electron chi connectivity index (χ1n) is 5.61. The average molecular weight is 231 g/mol. The van der Waals surface area contributed by atoms with Crippen LogP contribution in [0.4, 0.5) is 5.82 Å². The molecule has 0 saturated heterocycles. The minimum Gasteiger partial charge on any atom is -0.389 e. The summed E-state index contributed by atoms with van der Waals surface area (Å²) >= 11 is 0. The highest BCUT2D eigenvalue weighted by molar-refractivity contribution is 5.91. The molecule has 0 saturated carbocycles. The van der Waals surface area contributed by atoms with Crippen LogP contribution >= 0.6 is 0 Å². The molecule has 0 aliphatic heterocycles. The maximum atomic E-state index is 9.83. The van der Waals surface area contributed by atoms with Gasteiger partial charge in [0.2, 0.25) is 0 Å². The van der Waals surface area contributed by atoms with E-state index in [1.807, 2.05) is 36.2 Å². The van der Waals surface area contributed by atoms with Crippen molar-refractivity contribution in [2.45, 2.75) is 19.4 Å². The fourth-order valence-electron chi connectivity index (χ4n) is 1.95. The van der Waals surface area contributed by atoms with Crippen LogP contribution in [0.5, 0.6) is 0 Å². The Labute approximate surface area is 101 Å². The van der Waals surface area contributed by atoms with Crippen molar-refractivity contribution in [2.75, 3.05) is 18.5 Å². The van der Waals surface area contributed by atoms with Crippen molar-refractivity contribution in [3.63, 3.8) is 0 Å². The molecule has 2 rings (SSSR count). The number of hydrogen-bond acceptors (Lipinski definition) is 4. The van der Waals surface area contributed by atoms with Gasteiger partial charge in [0.15, 0.2) is 5.82 Å². The molecule has 1 heterocycles. The maximum absolute atomic E-state index is 9.83. The van der Waals surface area contributed by atoms with Gasteiger partial charge < -0.3 is 10.0 Å². The molecule has 0 amide bonds. The van der Waals surface area contributed by atoms with Crippen LogP contribution in [0.15, 0.2) is 30.5 Å².